The van der Waals surface area contributed by atoms with Crippen LogP contribution in [0.3, 0.4) is 0 Å². The molecule has 7 nitrogen and oxygen atoms in total. The minimum Gasteiger partial charge on any atom is -0.450 e. The van der Waals surface area contributed by atoms with Crippen LogP contribution in [0.2, 0.25) is 0 Å². The molecule has 1 fully saturated rings. The summed E-state index contributed by atoms with van der Waals surface area (Å²) < 4.78 is 5.03. The van der Waals surface area contributed by atoms with Gasteiger partial charge >= 0.3 is 6.09 Å². The van der Waals surface area contributed by atoms with Crippen molar-refractivity contribution in [3.63, 3.8) is 0 Å². The Morgan fingerprint density at radius 3 is 2.48 bits per heavy atom. The number of likely N-dealkylation sites (tertiary alicyclic amines) is 1. The molecule has 27 heavy (non-hydrogen) atoms. The van der Waals surface area contributed by atoms with Crippen LogP contribution in [0.4, 0.5) is 4.79 Å². The van der Waals surface area contributed by atoms with Gasteiger partial charge in [0.15, 0.2) is 5.96 Å². The van der Waals surface area contributed by atoms with Crippen LogP contribution in [0.25, 0.3) is 0 Å². The zero-order valence-corrected chi connectivity index (χ0v) is 18.0. The Morgan fingerprint density at radius 2 is 1.93 bits per heavy atom. The van der Waals surface area contributed by atoms with Crippen LogP contribution in [0, 0.1) is 5.92 Å². The van der Waals surface area contributed by atoms with E-state index in [-0.39, 0.29) is 12.1 Å². The van der Waals surface area contributed by atoms with Gasteiger partial charge in [0.05, 0.1) is 19.2 Å². The average Bonchev–Trinajstić information content (AvgIpc) is 2.61. The van der Waals surface area contributed by atoms with Gasteiger partial charge in [-0.15, -0.1) is 0 Å². The first kappa shape index (κ1) is 23.5. The lowest BCUT2D eigenvalue weighted by molar-refractivity contribution is 0.147. The van der Waals surface area contributed by atoms with Crippen LogP contribution in [0.5, 0.6) is 0 Å². The third-order valence-corrected chi connectivity index (χ3v) is 4.64. The Morgan fingerprint density at radius 1 is 1.22 bits per heavy atom. The number of piperidine rings is 1. The van der Waals surface area contributed by atoms with Gasteiger partial charge in [0.1, 0.15) is 0 Å². The molecule has 1 rings (SSSR count). The second kappa shape index (κ2) is 13.6. The van der Waals surface area contributed by atoms with Crippen molar-refractivity contribution in [2.24, 2.45) is 10.9 Å². The average molecular weight is 384 g/mol. The van der Waals surface area contributed by atoms with Crippen LogP contribution in [0.15, 0.2) is 4.99 Å². The SMILES string of the molecule is CCCN1CCC(NC(=NCC(CC(C)C)NC(=O)OCC)NCC)CC1. The molecule has 1 saturated heterocycles. The van der Waals surface area contributed by atoms with Gasteiger partial charge in [-0.1, -0.05) is 20.8 Å². The minimum atomic E-state index is -0.361. The summed E-state index contributed by atoms with van der Waals surface area (Å²) in [6.45, 7) is 15.6. The molecule has 1 aliphatic rings. The van der Waals surface area contributed by atoms with Gasteiger partial charge in [0.2, 0.25) is 0 Å². The van der Waals surface area contributed by atoms with E-state index >= 15 is 0 Å². The number of ether oxygens (including phenoxy) is 1. The van der Waals surface area contributed by atoms with Crippen LogP contribution in [-0.4, -0.2) is 68.4 Å². The summed E-state index contributed by atoms with van der Waals surface area (Å²) in [5.41, 5.74) is 0. The Hall–Kier alpha value is -1.50. The number of guanidine groups is 1. The Bertz CT molecular complexity index is 434. The molecule has 0 aromatic rings. The number of carbonyl (C=O) groups is 1. The summed E-state index contributed by atoms with van der Waals surface area (Å²) in [4.78, 5) is 19.1. The van der Waals surface area contributed by atoms with Crippen molar-refractivity contribution in [3.05, 3.63) is 0 Å². The van der Waals surface area contributed by atoms with Crippen LogP contribution in [0.1, 0.15) is 60.3 Å². The molecule has 7 heteroatoms. The van der Waals surface area contributed by atoms with E-state index < -0.39 is 0 Å². The van der Waals surface area contributed by atoms with Gasteiger partial charge in [0.25, 0.3) is 0 Å². The van der Waals surface area contributed by atoms with E-state index in [0.29, 0.717) is 25.1 Å². The quantitative estimate of drug-likeness (QED) is 0.399. The summed E-state index contributed by atoms with van der Waals surface area (Å²) in [7, 11) is 0. The van der Waals surface area contributed by atoms with Crippen molar-refractivity contribution >= 4 is 12.1 Å². The van der Waals surface area contributed by atoms with Gasteiger partial charge in [-0.25, -0.2) is 4.79 Å². The number of aliphatic imine (C=N–C) groups is 1. The summed E-state index contributed by atoms with van der Waals surface area (Å²) in [6.07, 6.45) is 4.01. The largest absolute Gasteiger partial charge is 0.450 e. The van der Waals surface area contributed by atoms with E-state index in [1.165, 1.54) is 13.0 Å². The van der Waals surface area contributed by atoms with Gasteiger partial charge in [-0.3, -0.25) is 4.99 Å². The zero-order chi connectivity index (χ0) is 20.1. The number of hydrogen-bond donors (Lipinski definition) is 3. The highest BCUT2D eigenvalue weighted by Crippen LogP contribution is 2.11. The highest BCUT2D eigenvalue weighted by Gasteiger charge is 2.20. The highest BCUT2D eigenvalue weighted by atomic mass is 16.5. The lowest BCUT2D eigenvalue weighted by Crippen LogP contribution is -2.49. The maximum absolute atomic E-state index is 11.8. The lowest BCUT2D eigenvalue weighted by atomic mass is 10.0. The molecule has 3 N–H and O–H groups in total. The third kappa shape index (κ3) is 10.4. The first-order valence-corrected chi connectivity index (χ1v) is 10.7. The molecule has 1 heterocycles. The standard InChI is InChI=1S/C20H41N5O2/c1-6-11-25-12-9-17(10-13-25)23-19(21-7-2)22-15-18(14-16(4)5)24-20(26)27-8-3/h16-18H,6-15H2,1-5H3,(H,24,26)(H2,21,22,23). The molecule has 1 amide bonds. The van der Waals surface area contributed by atoms with E-state index in [0.717, 1.165) is 44.9 Å². The first-order valence-electron chi connectivity index (χ1n) is 10.7. The number of alkyl carbamates (subject to hydrolysis) is 1. The monoisotopic (exact) mass is 383 g/mol. The molecule has 0 aliphatic carbocycles. The number of nitrogens with zero attached hydrogens (tertiary/aromatic N) is 2. The molecular weight excluding hydrogens is 342 g/mol. The van der Waals surface area contributed by atoms with Gasteiger partial charge < -0.3 is 25.6 Å². The van der Waals surface area contributed by atoms with E-state index in [1.54, 1.807) is 0 Å². The molecule has 0 aromatic carbocycles. The molecule has 158 valence electrons. The topological polar surface area (TPSA) is 78.0 Å². The Balaban J connectivity index is 2.59. The smallest absolute Gasteiger partial charge is 0.407 e. The van der Waals surface area contributed by atoms with E-state index in [2.05, 4.69) is 48.5 Å². The van der Waals surface area contributed by atoms with Crippen molar-refractivity contribution in [2.45, 2.75) is 72.4 Å². The van der Waals surface area contributed by atoms with Crippen LogP contribution in [-0.2, 0) is 4.74 Å². The summed E-state index contributed by atoms with van der Waals surface area (Å²) in [5.74, 6) is 1.32. The fourth-order valence-corrected chi connectivity index (χ4v) is 3.42. The normalized spacial score (nSPS) is 17.6. The molecule has 0 radical (unpaired) electrons. The van der Waals surface area contributed by atoms with Crippen LogP contribution < -0.4 is 16.0 Å². The van der Waals surface area contributed by atoms with Gasteiger partial charge in [-0.05, 0) is 52.0 Å². The van der Waals surface area contributed by atoms with Crippen molar-refractivity contribution in [2.75, 3.05) is 39.3 Å². The molecule has 0 aromatic heterocycles. The molecule has 0 saturated carbocycles. The number of rotatable bonds is 10. The predicted octanol–water partition coefficient (Wildman–Crippen LogP) is 2.58. The van der Waals surface area contributed by atoms with Crippen molar-refractivity contribution < 1.29 is 9.53 Å². The summed E-state index contributed by atoms with van der Waals surface area (Å²) in [5, 5.41) is 9.85. The predicted molar refractivity (Wildman–Crippen MR) is 112 cm³/mol. The Kier molecular flexibility index (Phi) is 11.9. The second-order valence-corrected chi connectivity index (χ2v) is 7.67. The van der Waals surface area contributed by atoms with E-state index in [1.807, 2.05) is 6.92 Å². The van der Waals surface area contributed by atoms with Crippen molar-refractivity contribution in [1.29, 1.82) is 0 Å². The van der Waals surface area contributed by atoms with E-state index in [9.17, 15) is 4.79 Å². The fraction of sp³-hybridized carbons (Fsp3) is 0.900. The molecule has 0 spiro atoms. The minimum absolute atomic E-state index is 0.0223. The number of amides is 1. The fourth-order valence-electron chi connectivity index (χ4n) is 3.42. The zero-order valence-electron chi connectivity index (χ0n) is 18.0. The number of carbonyl (C=O) groups excluding carboxylic acids is 1. The Labute approximate surface area is 165 Å². The van der Waals surface area contributed by atoms with Crippen LogP contribution >= 0.6 is 0 Å². The van der Waals surface area contributed by atoms with Gasteiger partial charge in [-0.2, -0.15) is 0 Å². The number of nitrogens with one attached hydrogen (secondary N) is 3. The third-order valence-electron chi connectivity index (χ3n) is 4.64. The maximum Gasteiger partial charge on any atom is 0.407 e. The molecule has 1 aliphatic heterocycles. The highest BCUT2D eigenvalue weighted by molar-refractivity contribution is 5.80. The number of hydrogen-bond acceptors (Lipinski definition) is 4. The molecule has 1 atom stereocenters. The van der Waals surface area contributed by atoms with Crippen molar-refractivity contribution in [1.82, 2.24) is 20.9 Å². The van der Waals surface area contributed by atoms with Crippen molar-refractivity contribution in [3.8, 4) is 0 Å². The first-order chi connectivity index (χ1) is 13.0. The lowest BCUT2D eigenvalue weighted by Gasteiger charge is -2.33. The molecule has 1 unspecified atom stereocenters. The maximum atomic E-state index is 11.8. The van der Waals surface area contributed by atoms with E-state index in [4.69, 9.17) is 9.73 Å². The summed E-state index contributed by atoms with van der Waals surface area (Å²) in [6, 6.07) is 0.434. The second-order valence-electron chi connectivity index (χ2n) is 7.67. The molecule has 0 bridgehead atoms. The summed E-state index contributed by atoms with van der Waals surface area (Å²) >= 11 is 0. The molecular formula is C20H41N5O2. The van der Waals surface area contributed by atoms with Gasteiger partial charge in [0, 0.05) is 25.7 Å².